The van der Waals surface area contributed by atoms with Crippen molar-refractivity contribution in [1.29, 1.82) is 0 Å². The first-order valence-electron chi connectivity index (χ1n) is 17.4. The van der Waals surface area contributed by atoms with Crippen LogP contribution in [0, 0.1) is 10.8 Å². The zero-order chi connectivity index (χ0) is 34.1. The molecule has 0 aromatic heterocycles. The highest BCUT2D eigenvalue weighted by Crippen LogP contribution is 2.32. The van der Waals surface area contributed by atoms with Crippen molar-refractivity contribution in [2.45, 2.75) is 91.3 Å². The maximum atomic E-state index is 8.61. The Hall–Kier alpha value is -0.360. The fourth-order valence-electron chi connectivity index (χ4n) is 4.91. The van der Waals surface area contributed by atoms with Gasteiger partial charge >= 0.3 is 0 Å². The molecule has 6 nitrogen and oxygen atoms in total. The van der Waals surface area contributed by atoms with Crippen molar-refractivity contribution in [3.8, 4) is 0 Å². The van der Waals surface area contributed by atoms with E-state index in [0.717, 1.165) is 98.6 Å². The lowest BCUT2D eigenvalue weighted by atomic mass is 9.84. The van der Waals surface area contributed by atoms with Crippen molar-refractivity contribution in [1.82, 2.24) is 0 Å². The molecule has 268 valence electrons. The Bertz CT molecular complexity index is 1000. The molecule has 2 fully saturated rings. The fraction of sp³-hybridized carbons (Fsp3) is 0.684. The minimum absolute atomic E-state index is 0.118. The Morgan fingerprint density at radius 1 is 0.596 bits per heavy atom. The zero-order valence-electron chi connectivity index (χ0n) is 28.8. The normalized spacial score (nSPS) is 15.8. The summed E-state index contributed by atoms with van der Waals surface area (Å²) in [7, 11) is 0. The monoisotopic (exact) mass is 848 g/mol. The molecule has 9 heteroatoms. The first-order valence-corrected chi connectivity index (χ1v) is 20.1. The van der Waals surface area contributed by atoms with Gasteiger partial charge in [0.2, 0.25) is 0 Å². The highest BCUT2D eigenvalue weighted by atomic mass is 79.9. The molecular formula is C38H59Br3O6. The molecule has 2 saturated heterocycles. The Morgan fingerprint density at radius 2 is 1.00 bits per heavy atom. The number of unbranched alkanes of at least 4 members (excludes halogenated alkanes) is 6. The third kappa shape index (κ3) is 19.0. The second-order valence-electron chi connectivity index (χ2n) is 12.8. The van der Waals surface area contributed by atoms with Crippen LogP contribution in [0.25, 0.3) is 0 Å². The lowest BCUT2D eigenvalue weighted by Crippen LogP contribution is -2.45. The van der Waals surface area contributed by atoms with Gasteiger partial charge < -0.3 is 28.8 Å². The summed E-state index contributed by atoms with van der Waals surface area (Å²) < 4.78 is 29.9. The minimum Gasteiger partial charge on any atom is -0.392 e. The number of alkyl halides is 1. The highest BCUT2D eigenvalue weighted by Gasteiger charge is 2.37. The van der Waals surface area contributed by atoms with E-state index < -0.39 is 0 Å². The number of ether oxygens (including phenoxy) is 5. The summed E-state index contributed by atoms with van der Waals surface area (Å²) in [6.07, 6.45) is 12.1. The predicted molar refractivity (Wildman–Crippen MR) is 203 cm³/mol. The quantitative estimate of drug-likeness (QED) is 0.0941. The molecule has 2 heterocycles. The van der Waals surface area contributed by atoms with Gasteiger partial charge in [-0.25, -0.2) is 0 Å². The van der Waals surface area contributed by atoms with Gasteiger partial charge in [0.15, 0.2) is 0 Å². The molecule has 2 aromatic carbocycles. The summed E-state index contributed by atoms with van der Waals surface area (Å²) in [5, 5.41) is 9.74. The van der Waals surface area contributed by atoms with Crippen LogP contribution in [0.3, 0.4) is 0 Å². The lowest BCUT2D eigenvalue weighted by molar-refractivity contribution is -0.150. The van der Waals surface area contributed by atoms with Crippen molar-refractivity contribution in [3.05, 3.63) is 68.6 Å². The highest BCUT2D eigenvalue weighted by molar-refractivity contribution is 9.10. The summed E-state index contributed by atoms with van der Waals surface area (Å²) in [4.78, 5) is 0. The molecule has 0 amide bonds. The minimum atomic E-state index is 0.118. The van der Waals surface area contributed by atoms with Gasteiger partial charge in [0, 0.05) is 44.9 Å². The standard InChI is InChI=1S/C19H29BrO3.C12H23BrO2.C7H7BrO/c1-2-19(15-23-16-19)14-22-12-6-4-3-5-11-21-13-17-7-9-18(20)10-8-17;1-2-12(10-15-11-12)9-14-8-6-4-3-5-7-13;8-7-3-1-6(5-9)2-4-7/h7-10H,2-6,11-16H2,1H3;2-11H2,1H3;1-4,9H,5H2. The van der Waals surface area contributed by atoms with Gasteiger partial charge in [0.25, 0.3) is 0 Å². The van der Waals surface area contributed by atoms with E-state index in [1.165, 1.54) is 50.5 Å². The Kier molecular flexibility index (Phi) is 24.1. The molecule has 0 radical (unpaired) electrons. The molecule has 0 spiro atoms. The molecule has 0 bridgehead atoms. The van der Waals surface area contributed by atoms with Crippen LogP contribution >= 0.6 is 47.8 Å². The topological polar surface area (TPSA) is 66.4 Å². The van der Waals surface area contributed by atoms with Crippen LogP contribution < -0.4 is 0 Å². The van der Waals surface area contributed by atoms with Crippen LogP contribution in [0.4, 0.5) is 0 Å². The van der Waals surface area contributed by atoms with E-state index in [9.17, 15) is 0 Å². The van der Waals surface area contributed by atoms with E-state index in [4.69, 9.17) is 28.8 Å². The molecule has 2 aliphatic rings. The third-order valence-corrected chi connectivity index (χ3v) is 10.3. The van der Waals surface area contributed by atoms with Crippen LogP contribution in [-0.4, -0.2) is 69.9 Å². The van der Waals surface area contributed by atoms with Crippen molar-refractivity contribution in [3.63, 3.8) is 0 Å². The van der Waals surface area contributed by atoms with Crippen LogP contribution in [0.2, 0.25) is 0 Å². The molecule has 0 aliphatic carbocycles. The number of aliphatic hydroxyl groups excluding tert-OH is 1. The first kappa shape index (κ1) is 42.8. The van der Waals surface area contributed by atoms with Gasteiger partial charge in [-0.15, -0.1) is 0 Å². The summed E-state index contributed by atoms with van der Waals surface area (Å²) in [6.45, 7) is 13.2. The molecule has 2 aromatic rings. The predicted octanol–water partition coefficient (Wildman–Crippen LogP) is 10.3. The Morgan fingerprint density at radius 3 is 1.36 bits per heavy atom. The number of hydrogen-bond acceptors (Lipinski definition) is 6. The first-order chi connectivity index (χ1) is 22.9. The SMILES string of the molecule is CCC1(COCCCCCCBr)COC1.CCC1(COCCCCCCOCc2ccc(Br)cc2)COC1.OCc1ccc(Br)cc1. The van der Waals surface area contributed by atoms with Gasteiger partial charge in [-0.2, -0.15) is 0 Å². The molecule has 0 unspecified atom stereocenters. The fourth-order valence-corrected chi connectivity index (χ4v) is 5.84. The molecular weight excluding hydrogens is 792 g/mol. The smallest absolute Gasteiger partial charge is 0.0716 e. The van der Waals surface area contributed by atoms with Crippen molar-refractivity contribution < 1.29 is 28.8 Å². The van der Waals surface area contributed by atoms with E-state index in [-0.39, 0.29) is 6.61 Å². The summed E-state index contributed by atoms with van der Waals surface area (Å²) >= 11 is 10.2. The van der Waals surface area contributed by atoms with Crippen molar-refractivity contribution in [2.75, 3.05) is 64.8 Å². The van der Waals surface area contributed by atoms with E-state index >= 15 is 0 Å². The lowest BCUT2D eigenvalue weighted by Gasteiger charge is -2.40. The van der Waals surface area contributed by atoms with E-state index in [1.54, 1.807) is 0 Å². The molecule has 47 heavy (non-hydrogen) atoms. The van der Waals surface area contributed by atoms with Gasteiger partial charge in [-0.05, 0) is 73.9 Å². The average molecular weight is 852 g/mol. The van der Waals surface area contributed by atoms with Crippen molar-refractivity contribution >= 4 is 47.8 Å². The van der Waals surface area contributed by atoms with Gasteiger partial charge in [-0.1, -0.05) is 112 Å². The van der Waals surface area contributed by atoms with Gasteiger partial charge in [-0.3, -0.25) is 0 Å². The van der Waals surface area contributed by atoms with E-state index in [0.29, 0.717) is 17.4 Å². The van der Waals surface area contributed by atoms with Gasteiger partial charge in [0.05, 0.1) is 52.9 Å². The number of hydrogen-bond donors (Lipinski definition) is 1. The summed E-state index contributed by atoms with van der Waals surface area (Å²) in [5.41, 5.74) is 2.85. The maximum absolute atomic E-state index is 8.61. The maximum Gasteiger partial charge on any atom is 0.0716 e. The third-order valence-electron chi connectivity index (χ3n) is 8.73. The molecule has 0 saturated carbocycles. The number of aliphatic hydroxyl groups is 1. The Balaban J connectivity index is 0.000000273. The van der Waals surface area contributed by atoms with Crippen LogP contribution in [0.5, 0.6) is 0 Å². The van der Waals surface area contributed by atoms with Gasteiger partial charge in [0.1, 0.15) is 0 Å². The average Bonchev–Trinajstić information content (AvgIpc) is 3.05. The molecule has 1 N–H and O–H groups in total. The second kappa shape index (κ2) is 26.4. The Labute approximate surface area is 310 Å². The second-order valence-corrected chi connectivity index (χ2v) is 15.4. The van der Waals surface area contributed by atoms with Crippen LogP contribution in [-0.2, 0) is 36.9 Å². The number of rotatable bonds is 22. The number of halogens is 3. The van der Waals surface area contributed by atoms with Crippen molar-refractivity contribution in [2.24, 2.45) is 10.8 Å². The van der Waals surface area contributed by atoms with Crippen LogP contribution in [0.15, 0.2) is 57.5 Å². The largest absolute Gasteiger partial charge is 0.392 e. The van der Waals surface area contributed by atoms with E-state index in [1.807, 2.05) is 24.3 Å². The summed E-state index contributed by atoms with van der Waals surface area (Å²) in [6, 6.07) is 15.9. The molecule has 0 atom stereocenters. The summed E-state index contributed by atoms with van der Waals surface area (Å²) in [5.74, 6) is 0. The molecule has 4 rings (SSSR count). The number of benzene rings is 2. The molecule has 2 aliphatic heterocycles. The van der Waals surface area contributed by atoms with Crippen LogP contribution in [0.1, 0.15) is 89.2 Å². The zero-order valence-corrected chi connectivity index (χ0v) is 33.6. The van der Waals surface area contributed by atoms with E-state index in [2.05, 4.69) is 85.9 Å².